The van der Waals surface area contributed by atoms with E-state index in [2.05, 4.69) is 52.0 Å². The molecule has 0 spiro atoms. The van der Waals surface area contributed by atoms with E-state index in [4.69, 9.17) is 5.11 Å². The molecule has 4 heteroatoms. The molecule has 1 saturated heterocycles. The lowest BCUT2D eigenvalue weighted by atomic mass is 9.84. The van der Waals surface area contributed by atoms with E-state index >= 15 is 0 Å². The number of carboxylic acid groups (broad SMARTS) is 1. The third-order valence-electron chi connectivity index (χ3n) is 4.12. The Bertz CT molecular complexity index is 440. The maximum atomic E-state index is 11.0. The number of halogens is 1. The van der Waals surface area contributed by atoms with E-state index in [1.807, 2.05) is 6.92 Å². The molecule has 2 rings (SSSR count). The maximum Gasteiger partial charge on any atom is 0.306 e. The molecule has 0 saturated carbocycles. The van der Waals surface area contributed by atoms with Crippen LogP contribution in [0.3, 0.4) is 0 Å². The normalized spacial score (nSPS) is 19.7. The van der Waals surface area contributed by atoms with Crippen LogP contribution < -0.4 is 0 Å². The predicted octanol–water partition coefficient (Wildman–Crippen LogP) is 3.55. The van der Waals surface area contributed by atoms with Crippen LogP contribution >= 0.6 is 15.9 Å². The van der Waals surface area contributed by atoms with Crippen molar-refractivity contribution in [2.75, 3.05) is 13.1 Å². The zero-order valence-corrected chi connectivity index (χ0v) is 12.9. The van der Waals surface area contributed by atoms with Gasteiger partial charge in [0.25, 0.3) is 0 Å². The van der Waals surface area contributed by atoms with Gasteiger partial charge in [0.2, 0.25) is 0 Å². The van der Waals surface area contributed by atoms with Gasteiger partial charge in [-0.05, 0) is 30.0 Å². The average Bonchev–Trinajstić information content (AvgIpc) is 2.33. The van der Waals surface area contributed by atoms with Gasteiger partial charge in [0.05, 0.1) is 5.92 Å². The lowest BCUT2D eigenvalue weighted by molar-refractivity contribution is -0.146. The van der Waals surface area contributed by atoms with Crippen molar-refractivity contribution in [2.45, 2.75) is 26.3 Å². The van der Waals surface area contributed by atoms with E-state index in [1.165, 1.54) is 5.56 Å². The Balaban J connectivity index is 1.98. The average molecular weight is 326 g/mol. The van der Waals surface area contributed by atoms with E-state index in [0.29, 0.717) is 12.0 Å². The van der Waals surface area contributed by atoms with Crippen LogP contribution in [-0.2, 0) is 4.79 Å². The number of rotatable bonds is 5. The molecular weight excluding hydrogens is 306 g/mol. The van der Waals surface area contributed by atoms with Crippen LogP contribution in [0.25, 0.3) is 0 Å². The van der Waals surface area contributed by atoms with Gasteiger partial charge >= 0.3 is 5.97 Å². The number of carboxylic acids is 1. The summed E-state index contributed by atoms with van der Waals surface area (Å²) in [6.45, 7) is 5.77. The van der Waals surface area contributed by atoms with E-state index < -0.39 is 5.97 Å². The summed E-state index contributed by atoms with van der Waals surface area (Å²) in [7, 11) is 0. The fourth-order valence-corrected chi connectivity index (χ4v) is 2.98. The van der Waals surface area contributed by atoms with E-state index in [0.717, 1.165) is 24.0 Å². The molecule has 1 heterocycles. The number of benzene rings is 1. The third kappa shape index (κ3) is 3.18. The lowest BCUT2D eigenvalue weighted by Crippen LogP contribution is -2.52. The molecule has 2 atom stereocenters. The van der Waals surface area contributed by atoms with Gasteiger partial charge in [-0.25, -0.2) is 0 Å². The predicted molar refractivity (Wildman–Crippen MR) is 79.0 cm³/mol. The van der Waals surface area contributed by atoms with Gasteiger partial charge in [0, 0.05) is 23.6 Å². The van der Waals surface area contributed by atoms with E-state index in [1.54, 1.807) is 0 Å². The summed E-state index contributed by atoms with van der Waals surface area (Å²) in [4.78, 5) is 13.3. The van der Waals surface area contributed by atoms with Crippen molar-refractivity contribution < 1.29 is 9.90 Å². The molecule has 19 heavy (non-hydrogen) atoms. The minimum Gasteiger partial charge on any atom is -0.481 e. The second-order valence-electron chi connectivity index (χ2n) is 5.32. The van der Waals surface area contributed by atoms with Gasteiger partial charge in [0.15, 0.2) is 0 Å². The Hall–Kier alpha value is -0.870. The summed E-state index contributed by atoms with van der Waals surface area (Å²) < 4.78 is 1.09. The molecule has 1 aromatic carbocycles. The van der Waals surface area contributed by atoms with E-state index in [9.17, 15) is 4.79 Å². The van der Waals surface area contributed by atoms with Crippen LogP contribution in [0.2, 0.25) is 0 Å². The van der Waals surface area contributed by atoms with Crippen LogP contribution in [0.1, 0.15) is 31.9 Å². The molecule has 0 amide bonds. The Morgan fingerprint density at radius 1 is 1.42 bits per heavy atom. The number of hydrogen-bond donors (Lipinski definition) is 1. The largest absolute Gasteiger partial charge is 0.481 e. The summed E-state index contributed by atoms with van der Waals surface area (Å²) in [5, 5.41) is 9.02. The first-order valence-electron chi connectivity index (χ1n) is 6.75. The Morgan fingerprint density at radius 3 is 2.47 bits per heavy atom. The van der Waals surface area contributed by atoms with Crippen LogP contribution in [0.5, 0.6) is 0 Å². The van der Waals surface area contributed by atoms with Gasteiger partial charge in [0.1, 0.15) is 0 Å². The zero-order valence-electron chi connectivity index (χ0n) is 11.3. The fraction of sp³-hybridized carbons (Fsp3) is 0.533. The topological polar surface area (TPSA) is 40.5 Å². The molecule has 1 aliphatic rings. The van der Waals surface area contributed by atoms with Crippen molar-refractivity contribution in [3.63, 3.8) is 0 Å². The number of aliphatic carboxylic acids is 1. The van der Waals surface area contributed by atoms with Crippen LogP contribution in [0.15, 0.2) is 28.7 Å². The van der Waals surface area contributed by atoms with Crippen LogP contribution in [0.4, 0.5) is 0 Å². The van der Waals surface area contributed by atoms with Crippen LogP contribution in [-0.4, -0.2) is 29.1 Å². The van der Waals surface area contributed by atoms with Gasteiger partial charge < -0.3 is 5.11 Å². The summed E-state index contributed by atoms with van der Waals surface area (Å²) in [6, 6.07) is 8.83. The SMILES string of the molecule is CCC(c1ccc(Br)cc1)N1CC(C(C)C(=O)O)C1. The van der Waals surface area contributed by atoms with Gasteiger partial charge in [-0.2, -0.15) is 0 Å². The Kier molecular flexibility index (Phi) is 4.63. The zero-order chi connectivity index (χ0) is 14.0. The fourth-order valence-electron chi connectivity index (χ4n) is 2.71. The maximum absolute atomic E-state index is 11.0. The molecule has 0 aromatic heterocycles. The summed E-state index contributed by atoms with van der Waals surface area (Å²) in [6.07, 6.45) is 1.05. The minimum atomic E-state index is -0.679. The third-order valence-corrected chi connectivity index (χ3v) is 4.65. The van der Waals surface area contributed by atoms with Crippen molar-refractivity contribution in [1.82, 2.24) is 4.90 Å². The summed E-state index contributed by atoms with van der Waals surface area (Å²) in [5.41, 5.74) is 1.31. The number of hydrogen-bond acceptors (Lipinski definition) is 2. The number of likely N-dealkylation sites (tertiary alicyclic amines) is 1. The highest BCUT2D eigenvalue weighted by molar-refractivity contribution is 9.10. The molecular formula is C15H20BrNO2. The molecule has 1 fully saturated rings. The molecule has 1 aliphatic heterocycles. The monoisotopic (exact) mass is 325 g/mol. The molecule has 2 unspecified atom stereocenters. The second-order valence-corrected chi connectivity index (χ2v) is 6.23. The van der Waals surface area contributed by atoms with Crippen molar-refractivity contribution in [3.05, 3.63) is 34.3 Å². The molecule has 3 nitrogen and oxygen atoms in total. The van der Waals surface area contributed by atoms with Crippen molar-refractivity contribution in [2.24, 2.45) is 11.8 Å². The summed E-state index contributed by atoms with van der Waals surface area (Å²) in [5.74, 6) is -0.623. The van der Waals surface area contributed by atoms with Crippen molar-refractivity contribution in [1.29, 1.82) is 0 Å². The highest BCUT2D eigenvalue weighted by atomic mass is 79.9. The molecule has 0 radical (unpaired) electrons. The van der Waals surface area contributed by atoms with Gasteiger partial charge in [-0.3, -0.25) is 9.69 Å². The number of carbonyl (C=O) groups is 1. The standard InChI is InChI=1S/C15H20BrNO2/c1-3-14(11-4-6-13(16)7-5-11)17-8-12(9-17)10(2)15(18)19/h4-7,10,12,14H,3,8-9H2,1-2H3,(H,18,19). The highest BCUT2D eigenvalue weighted by Gasteiger charge is 2.37. The molecule has 1 aromatic rings. The van der Waals surface area contributed by atoms with Gasteiger partial charge in [-0.1, -0.05) is 41.9 Å². The highest BCUT2D eigenvalue weighted by Crippen LogP contribution is 2.34. The van der Waals surface area contributed by atoms with Crippen molar-refractivity contribution >= 4 is 21.9 Å². The first-order valence-corrected chi connectivity index (χ1v) is 7.54. The van der Waals surface area contributed by atoms with Crippen LogP contribution in [0, 0.1) is 11.8 Å². The van der Waals surface area contributed by atoms with Gasteiger partial charge in [-0.15, -0.1) is 0 Å². The molecule has 1 N–H and O–H groups in total. The molecule has 0 aliphatic carbocycles. The second kappa shape index (κ2) is 6.06. The molecule has 104 valence electrons. The first-order chi connectivity index (χ1) is 9.02. The quantitative estimate of drug-likeness (QED) is 0.899. The first kappa shape index (κ1) is 14.5. The lowest BCUT2D eigenvalue weighted by Gasteiger charge is -2.46. The Labute approximate surface area is 122 Å². The van der Waals surface area contributed by atoms with E-state index in [-0.39, 0.29) is 5.92 Å². The smallest absolute Gasteiger partial charge is 0.306 e. The molecule has 0 bridgehead atoms. The summed E-state index contributed by atoms with van der Waals surface area (Å²) >= 11 is 3.45. The Morgan fingerprint density at radius 2 is 2.00 bits per heavy atom. The van der Waals surface area contributed by atoms with Crippen molar-refractivity contribution in [3.8, 4) is 0 Å². The number of nitrogens with zero attached hydrogens (tertiary/aromatic N) is 1. The minimum absolute atomic E-state index is 0.237.